The predicted octanol–water partition coefficient (Wildman–Crippen LogP) is 4.67. The first kappa shape index (κ1) is 15.1. The van der Waals surface area contributed by atoms with E-state index in [4.69, 9.17) is 44.0 Å². The summed E-state index contributed by atoms with van der Waals surface area (Å²) in [4.78, 5) is 3.94. The molecule has 3 aromatic rings. The molecule has 2 heterocycles. The lowest BCUT2D eigenvalue weighted by Gasteiger charge is -2.05. The van der Waals surface area contributed by atoms with Crippen LogP contribution in [0, 0.1) is 0 Å². The molecule has 8 heteroatoms. The molecule has 0 amide bonds. The summed E-state index contributed by atoms with van der Waals surface area (Å²) < 4.78 is 10.9. The van der Waals surface area contributed by atoms with E-state index in [-0.39, 0.29) is 27.7 Å². The molecule has 112 valence electrons. The van der Waals surface area contributed by atoms with Gasteiger partial charge in [-0.2, -0.15) is 4.98 Å². The van der Waals surface area contributed by atoms with Gasteiger partial charge in [0.05, 0.1) is 5.02 Å². The molecule has 0 unspecified atom stereocenters. The molecule has 3 rings (SSSR count). The largest absolute Gasteiger partial charge is 0.466 e. The Bertz CT molecular complexity index is 793. The second-order valence-corrected chi connectivity index (χ2v) is 5.38. The highest BCUT2D eigenvalue weighted by molar-refractivity contribution is 6.42. The van der Waals surface area contributed by atoms with Gasteiger partial charge in [-0.25, -0.2) is 0 Å². The van der Waals surface area contributed by atoms with Crippen LogP contribution < -0.4 is 4.74 Å². The smallest absolute Gasteiger partial charge is 0.254 e. The van der Waals surface area contributed by atoms with Gasteiger partial charge in [0, 0.05) is 5.56 Å². The average Bonchev–Trinajstić information content (AvgIpc) is 2.99. The molecule has 0 aliphatic rings. The van der Waals surface area contributed by atoms with E-state index in [0.29, 0.717) is 11.8 Å². The van der Waals surface area contributed by atoms with Crippen molar-refractivity contribution in [3.05, 3.63) is 57.5 Å². The maximum atomic E-state index is 5.97. The summed E-state index contributed by atoms with van der Waals surface area (Å²) in [7, 11) is 0. The van der Waals surface area contributed by atoms with Gasteiger partial charge in [0.25, 0.3) is 5.89 Å². The first-order chi connectivity index (χ1) is 10.6. The van der Waals surface area contributed by atoms with Crippen molar-refractivity contribution in [3.63, 3.8) is 0 Å². The van der Waals surface area contributed by atoms with Crippen LogP contribution in [0.1, 0.15) is 5.89 Å². The highest BCUT2D eigenvalue weighted by Crippen LogP contribution is 2.30. The summed E-state index contributed by atoms with van der Waals surface area (Å²) in [6, 6.07) is 10.9. The first-order valence-corrected chi connectivity index (χ1v) is 7.29. The third kappa shape index (κ3) is 3.32. The fraction of sp³-hybridized carbons (Fsp3) is 0.0714. The third-order valence-corrected chi connectivity index (χ3v) is 3.62. The number of hydrogen-bond acceptors (Lipinski definition) is 5. The SMILES string of the molecule is Clc1cc(Cl)c(OCc2nnc(-c3ccccc3)o2)nc1Cl. The molecule has 0 radical (unpaired) electrons. The van der Waals surface area contributed by atoms with Gasteiger partial charge in [-0.05, 0) is 18.2 Å². The van der Waals surface area contributed by atoms with Crippen LogP contribution in [0.15, 0.2) is 40.8 Å². The highest BCUT2D eigenvalue weighted by Gasteiger charge is 2.12. The van der Waals surface area contributed by atoms with Crippen molar-refractivity contribution in [2.45, 2.75) is 6.61 Å². The molecule has 0 atom stereocenters. The quantitative estimate of drug-likeness (QED) is 0.636. The van der Waals surface area contributed by atoms with E-state index in [2.05, 4.69) is 15.2 Å². The molecule has 22 heavy (non-hydrogen) atoms. The molecule has 0 saturated carbocycles. The summed E-state index contributed by atoms with van der Waals surface area (Å²) in [6.45, 7) is 0.0184. The average molecular weight is 357 g/mol. The van der Waals surface area contributed by atoms with Crippen molar-refractivity contribution in [2.75, 3.05) is 0 Å². The zero-order valence-electron chi connectivity index (χ0n) is 11.0. The third-order valence-electron chi connectivity index (χ3n) is 2.67. The number of nitrogens with zero attached hydrogens (tertiary/aromatic N) is 3. The van der Waals surface area contributed by atoms with E-state index in [1.54, 1.807) is 0 Å². The minimum absolute atomic E-state index is 0.0184. The summed E-state index contributed by atoms with van der Waals surface area (Å²) in [5.74, 6) is 0.853. The minimum atomic E-state index is 0.0184. The van der Waals surface area contributed by atoms with Gasteiger partial charge in [-0.3, -0.25) is 0 Å². The second kappa shape index (κ2) is 6.52. The van der Waals surface area contributed by atoms with Crippen LogP contribution in [0.3, 0.4) is 0 Å². The summed E-state index contributed by atoms with van der Waals surface area (Å²) in [5.41, 5.74) is 0.826. The Balaban J connectivity index is 1.73. The first-order valence-electron chi connectivity index (χ1n) is 6.15. The van der Waals surface area contributed by atoms with Crippen LogP contribution in [0.25, 0.3) is 11.5 Å². The maximum Gasteiger partial charge on any atom is 0.254 e. The van der Waals surface area contributed by atoms with Crippen LogP contribution in [-0.2, 0) is 6.61 Å². The van der Waals surface area contributed by atoms with E-state index in [0.717, 1.165) is 5.56 Å². The zero-order chi connectivity index (χ0) is 15.5. The van der Waals surface area contributed by atoms with Crippen molar-refractivity contribution in [1.82, 2.24) is 15.2 Å². The van der Waals surface area contributed by atoms with Crippen molar-refractivity contribution in [1.29, 1.82) is 0 Å². The van der Waals surface area contributed by atoms with E-state index in [1.807, 2.05) is 30.3 Å². The number of pyridine rings is 1. The zero-order valence-corrected chi connectivity index (χ0v) is 13.2. The molecule has 2 aromatic heterocycles. The van der Waals surface area contributed by atoms with Gasteiger partial charge >= 0.3 is 0 Å². The molecule has 5 nitrogen and oxygen atoms in total. The molecule has 0 fully saturated rings. The monoisotopic (exact) mass is 355 g/mol. The topological polar surface area (TPSA) is 61.0 Å². The fourth-order valence-corrected chi connectivity index (χ4v) is 2.21. The standard InChI is InChI=1S/C14H8Cl3N3O2/c15-9-6-10(16)14(18-12(9)17)21-7-11-19-20-13(22-11)8-4-2-1-3-5-8/h1-6H,7H2. The molecular weight excluding hydrogens is 349 g/mol. The molecular formula is C14H8Cl3N3O2. The van der Waals surface area contributed by atoms with Crippen molar-refractivity contribution in [3.8, 4) is 17.3 Å². The number of rotatable bonds is 4. The predicted molar refractivity (Wildman–Crippen MR) is 83.3 cm³/mol. The van der Waals surface area contributed by atoms with Gasteiger partial charge in [-0.1, -0.05) is 53.0 Å². The Morgan fingerprint density at radius 2 is 1.77 bits per heavy atom. The molecule has 0 saturated heterocycles. The fourth-order valence-electron chi connectivity index (χ4n) is 1.67. The van der Waals surface area contributed by atoms with Crippen LogP contribution in [0.4, 0.5) is 0 Å². The van der Waals surface area contributed by atoms with E-state index >= 15 is 0 Å². The molecule has 0 N–H and O–H groups in total. The van der Waals surface area contributed by atoms with Gasteiger partial charge in [-0.15, -0.1) is 10.2 Å². The molecule has 0 bridgehead atoms. The van der Waals surface area contributed by atoms with Crippen LogP contribution in [0.5, 0.6) is 5.88 Å². The van der Waals surface area contributed by atoms with E-state index < -0.39 is 0 Å². The van der Waals surface area contributed by atoms with Crippen molar-refractivity contribution < 1.29 is 9.15 Å². The Kier molecular flexibility index (Phi) is 4.47. The Hall–Kier alpha value is -1.82. The van der Waals surface area contributed by atoms with Gasteiger partial charge < -0.3 is 9.15 Å². The van der Waals surface area contributed by atoms with Crippen LogP contribution in [0.2, 0.25) is 15.2 Å². The van der Waals surface area contributed by atoms with Crippen LogP contribution in [-0.4, -0.2) is 15.2 Å². The number of benzene rings is 1. The summed E-state index contributed by atoms with van der Waals surface area (Å²) >= 11 is 17.6. The lowest BCUT2D eigenvalue weighted by atomic mass is 10.2. The van der Waals surface area contributed by atoms with Crippen molar-refractivity contribution >= 4 is 34.8 Å². The minimum Gasteiger partial charge on any atom is -0.466 e. The molecule has 0 aliphatic carbocycles. The molecule has 0 aliphatic heterocycles. The second-order valence-electron chi connectivity index (χ2n) is 4.20. The number of ether oxygens (including phenoxy) is 1. The van der Waals surface area contributed by atoms with Gasteiger partial charge in [0.15, 0.2) is 11.8 Å². The van der Waals surface area contributed by atoms with Gasteiger partial charge in [0.1, 0.15) is 5.02 Å². The number of hydrogen-bond donors (Lipinski definition) is 0. The van der Waals surface area contributed by atoms with E-state index in [1.165, 1.54) is 6.07 Å². The maximum absolute atomic E-state index is 5.97. The van der Waals surface area contributed by atoms with Crippen molar-refractivity contribution in [2.24, 2.45) is 0 Å². The van der Waals surface area contributed by atoms with Gasteiger partial charge in [0.2, 0.25) is 11.8 Å². The Morgan fingerprint density at radius 1 is 1.00 bits per heavy atom. The molecule has 0 spiro atoms. The lowest BCUT2D eigenvalue weighted by molar-refractivity contribution is 0.255. The Morgan fingerprint density at radius 3 is 2.55 bits per heavy atom. The van der Waals surface area contributed by atoms with Crippen LogP contribution >= 0.6 is 34.8 Å². The van der Waals surface area contributed by atoms with E-state index in [9.17, 15) is 0 Å². The number of halogens is 3. The molecule has 1 aromatic carbocycles. The highest BCUT2D eigenvalue weighted by atomic mass is 35.5. The normalized spacial score (nSPS) is 10.7. The number of aromatic nitrogens is 3. The Labute approximate surface area is 140 Å². The lowest BCUT2D eigenvalue weighted by Crippen LogP contribution is -1.98. The summed E-state index contributed by atoms with van der Waals surface area (Å²) in [6.07, 6.45) is 0. The summed E-state index contributed by atoms with van der Waals surface area (Å²) in [5, 5.41) is 8.47.